The number of phenols is 1. The van der Waals surface area contributed by atoms with Gasteiger partial charge >= 0.3 is 0 Å². The third-order valence-electron chi connectivity index (χ3n) is 2.66. The smallest absolute Gasteiger partial charge is 0.261 e. The molecule has 1 aromatic heterocycles. The number of amides is 1. The molecule has 2 rings (SSSR count). The van der Waals surface area contributed by atoms with E-state index in [1.54, 1.807) is 11.4 Å². The van der Waals surface area contributed by atoms with Crippen LogP contribution in [0.15, 0.2) is 23.6 Å². The van der Waals surface area contributed by atoms with E-state index >= 15 is 0 Å². The Labute approximate surface area is 120 Å². The van der Waals surface area contributed by atoms with Crippen molar-refractivity contribution < 1.29 is 14.6 Å². The number of benzene rings is 1. The molecule has 1 amide bonds. The van der Waals surface area contributed by atoms with Crippen LogP contribution in [0, 0.1) is 0 Å². The number of carbonyl (C=O) groups is 1. The molecule has 1 unspecified atom stereocenters. The molecule has 0 aliphatic rings. The molecular formula is C13H15N3O3S. The van der Waals surface area contributed by atoms with Crippen molar-refractivity contribution in [1.29, 1.82) is 0 Å². The number of nitrogens with two attached hydrogens (primary N) is 1. The second kappa shape index (κ2) is 5.89. The van der Waals surface area contributed by atoms with Crippen molar-refractivity contribution in [2.45, 2.75) is 13.0 Å². The third kappa shape index (κ3) is 3.06. The molecule has 4 N–H and O–H groups in total. The number of methoxy groups -OCH3 is 1. The number of rotatable bonds is 4. The highest BCUT2D eigenvalue weighted by Crippen LogP contribution is 2.25. The van der Waals surface area contributed by atoms with Crippen molar-refractivity contribution in [2.75, 3.05) is 12.4 Å². The van der Waals surface area contributed by atoms with Crippen molar-refractivity contribution in [3.8, 4) is 11.5 Å². The number of hydrogen-bond acceptors (Lipinski definition) is 6. The van der Waals surface area contributed by atoms with Crippen molar-refractivity contribution >= 4 is 22.4 Å². The van der Waals surface area contributed by atoms with Gasteiger partial charge in [0.15, 0.2) is 5.13 Å². The van der Waals surface area contributed by atoms with Gasteiger partial charge in [-0.15, -0.1) is 11.3 Å². The minimum atomic E-state index is -0.435. The Hall–Kier alpha value is -2.12. The lowest BCUT2D eigenvalue weighted by Gasteiger charge is -2.06. The topological polar surface area (TPSA) is 97.5 Å². The number of thiazole rings is 1. The maximum absolute atomic E-state index is 12.0. The Kier molecular flexibility index (Phi) is 4.21. The van der Waals surface area contributed by atoms with Gasteiger partial charge < -0.3 is 15.6 Å². The van der Waals surface area contributed by atoms with Crippen LogP contribution in [-0.4, -0.2) is 23.1 Å². The van der Waals surface area contributed by atoms with E-state index in [-0.39, 0.29) is 17.4 Å². The van der Waals surface area contributed by atoms with Crippen molar-refractivity contribution in [3.63, 3.8) is 0 Å². The Morgan fingerprint density at radius 3 is 2.85 bits per heavy atom. The first-order valence-corrected chi connectivity index (χ1v) is 6.78. The fraction of sp³-hybridized carbons (Fsp3) is 0.231. The molecule has 0 aliphatic carbocycles. The van der Waals surface area contributed by atoms with E-state index in [9.17, 15) is 9.90 Å². The highest BCUT2D eigenvalue weighted by Gasteiger charge is 2.14. The largest absolute Gasteiger partial charge is 0.507 e. The quantitative estimate of drug-likeness (QED) is 0.802. The summed E-state index contributed by atoms with van der Waals surface area (Å²) in [5.41, 5.74) is 6.57. The molecule has 0 saturated carbocycles. The van der Waals surface area contributed by atoms with Crippen LogP contribution in [0.5, 0.6) is 11.5 Å². The molecule has 1 aromatic carbocycles. The average molecular weight is 293 g/mol. The number of aromatic nitrogens is 1. The standard InChI is InChI=1S/C13H15N3O3S/c1-7(14)10-6-20-13(15-10)16-12(18)9-4-3-8(19-2)5-11(9)17/h3-7,17H,14H2,1-2H3,(H,15,16,18). The number of aromatic hydroxyl groups is 1. The zero-order valence-corrected chi connectivity index (χ0v) is 11.9. The Bertz CT molecular complexity index is 625. The molecule has 20 heavy (non-hydrogen) atoms. The summed E-state index contributed by atoms with van der Waals surface area (Å²) >= 11 is 1.29. The molecule has 0 spiro atoms. The van der Waals surface area contributed by atoms with E-state index in [2.05, 4.69) is 10.3 Å². The molecule has 0 radical (unpaired) electrons. The maximum atomic E-state index is 12.0. The molecule has 0 aliphatic heterocycles. The predicted octanol–water partition coefficient (Wildman–Crippen LogP) is 2.13. The van der Waals surface area contributed by atoms with Crippen molar-refractivity contribution in [2.24, 2.45) is 5.73 Å². The summed E-state index contributed by atoms with van der Waals surface area (Å²) in [5.74, 6) is -0.103. The minimum Gasteiger partial charge on any atom is -0.507 e. The highest BCUT2D eigenvalue weighted by atomic mass is 32.1. The van der Waals surface area contributed by atoms with E-state index in [4.69, 9.17) is 10.5 Å². The van der Waals surface area contributed by atoms with Gasteiger partial charge in [0, 0.05) is 17.5 Å². The fourth-order valence-electron chi connectivity index (χ4n) is 1.55. The molecule has 0 fully saturated rings. The number of nitrogens with one attached hydrogen (secondary N) is 1. The zero-order valence-electron chi connectivity index (χ0n) is 11.1. The summed E-state index contributed by atoms with van der Waals surface area (Å²) in [6.07, 6.45) is 0. The maximum Gasteiger partial charge on any atom is 0.261 e. The van der Waals surface area contributed by atoms with Gasteiger partial charge in [0.25, 0.3) is 5.91 Å². The Balaban J connectivity index is 2.15. The van der Waals surface area contributed by atoms with E-state index in [0.717, 1.165) is 0 Å². The first-order chi connectivity index (χ1) is 9.51. The molecule has 0 saturated heterocycles. The summed E-state index contributed by atoms with van der Waals surface area (Å²) in [4.78, 5) is 16.2. The summed E-state index contributed by atoms with van der Waals surface area (Å²) in [6.45, 7) is 1.82. The number of ether oxygens (including phenoxy) is 1. The highest BCUT2D eigenvalue weighted by molar-refractivity contribution is 7.14. The number of phenolic OH excluding ortho intramolecular Hbond substituents is 1. The molecule has 106 valence electrons. The first kappa shape index (κ1) is 14.3. The second-order valence-corrected chi connectivity index (χ2v) is 5.06. The van der Waals surface area contributed by atoms with Gasteiger partial charge in [-0.3, -0.25) is 10.1 Å². The van der Waals surface area contributed by atoms with Crippen LogP contribution in [-0.2, 0) is 0 Å². The Morgan fingerprint density at radius 1 is 1.55 bits per heavy atom. The third-order valence-corrected chi connectivity index (χ3v) is 3.43. The van der Waals surface area contributed by atoms with Crippen LogP contribution in [0.1, 0.15) is 29.0 Å². The summed E-state index contributed by atoms with van der Waals surface area (Å²) in [6, 6.07) is 4.28. The monoisotopic (exact) mass is 293 g/mol. The number of nitrogens with zero attached hydrogens (tertiary/aromatic N) is 1. The lowest BCUT2D eigenvalue weighted by atomic mass is 10.2. The molecule has 7 heteroatoms. The van der Waals surface area contributed by atoms with Crippen molar-refractivity contribution in [1.82, 2.24) is 4.98 Å². The normalized spacial score (nSPS) is 11.9. The Morgan fingerprint density at radius 2 is 2.30 bits per heavy atom. The number of hydrogen-bond donors (Lipinski definition) is 3. The van der Waals surface area contributed by atoms with Crippen LogP contribution in [0.2, 0.25) is 0 Å². The van der Waals surface area contributed by atoms with Gasteiger partial charge in [0.1, 0.15) is 11.5 Å². The van der Waals surface area contributed by atoms with Gasteiger partial charge in [-0.25, -0.2) is 4.98 Å². The van der Waals surface area contributed by atoms with Gasteiger partial charge in [-0.1, -0.05) is 0 Å². The number of anilines is 1. The van der Waals surface area contributed by atoms with E-state index in [1.165, 1.54) is 30.6 Å². The molecule has 6 nitrogen and oxygen atoms in total. The van der Waals surface area contributed by atoms with Gasteiger partial charge in [0.05, 0.1) is 18.4 Å². The summed E-state index contributed by atoms with van der Waals surface area (Å²) in [7, 11) is 1.49. The molecule has 0 bridgehead atoms. The lowest BCUT2D eigenvalue weighted by molar-refractivity contribution is 0.102. The minimum absolute atomic E-state index is 0.147. The SMILES string of the molecule is COc1ccc(C(=O)Nc2nc(C(C)N)cs2)c(O)c1. The van der Waals surface area contributed by atoms with Gasteiger partial charge in [0.2, 0.25) is 0 Å². The zero-order chi connectivity index (χ0) is 14.7. The summed E-state index contributed by atoms with van der Waals surface area (Å²) < 4.78 is 4.96. The van der Waals surface area contributed by atoms with Gasteiger partial charge in [-0.05, 0) is 19.1 Å². The van der Waals surface area contributed by atoms with E-state index < -0.39 is 5.91 Å². The van der Waals surface area contributed by atoms with Crippen molar-refractivity contribution in [3.05, 3.63) is 34.8 Å². The molecular weight excluding hydrogens is 278 g/mol. The van der Waals surface area contributed by atoms with Crippen LogP contribution in [0.25, 0.3) is 0 Å². The summed E-state index contributed by atoms with van der Waals surface area (Å²) in [5, 5.41) is 14.6. The van der Waals surface area contributed by atoms with E-state index in [1.807, 2.05) is 6.92 Å². The molecule has 1 heterocycles. The average Bonchev–Trinajstić information content (AvgIpc) is 2.87. The first-order valence-electron chi connectivity index (χ1n) is 5.90. The van der Waals surface area contributed by atoms with Gasteiger partial charge in [-0.2, -0.15) is 0 Å². The lowest BCUT2D eigenvalue weighted by Crippen LogP contribution is -2.12. The predicted molar refractivity (Wildman–Crippen MR) is 77.3 cm³/mol. The van der Waals surface area contributed by atoms with E-state index in [0.29, 0.717) is 16.6 Å². The molecule has 1 atom stereocenters. The van der Waals surface area contributed by atoms with Crippen LogP contribution in [0.3, 0.4) is 0 Å². The molecule has 2 aromatic rings. The van der Waals surface area contributed by atoms with Crippen LogP contribution in [0.4, 0.5) is 5.13 Å². The van der Waals surface area contributed by atoms with Crippen LogP contribution < -0.4 is 15.8 Å². The number of carbonyl (C=O) groups excluding carboxylic acids is 1. The van der Waals surface area contributed by atoms with Crippen LogP contribution >= 0.6 is 11.3 Å². The second-order valence-electron chi connectivity index (χ2n) is 4.20. The fourth-order valence-corrected chi connectivity index (χ4v) is 2.36.